The van der Waals surface area contributed by atoms with Crippen LogP contribution in [0.1, 0.15) is 25.5 Å². The van der Waals surface area contributed by atoms with E-state index in [1.54, 1.807) is 0 Å². The van der Waals surface area contributed by atoms with Gasteiger partial charge in [0.1, 0.15) is 5.78 Å². The maximum Gasteiger partial charge on any atom is 0.144 e. The number of nitrogens with zero attached hydrogens (tertiary/aromatic N) is 2. The van der Waals surface area contributed by atoms with Gasteiger partial charge in [-0.3, -0.25) is 9.48 Å². The first kappa shape index (κ1) is 13.3. The highest BCUT2D eigenvalue weighted by Gasteiger charge is 2.34. The van der Waals surface area contributed by atoms with Gasteiger partial charge in [-0.25, -0.2) is 0 Å². The van der Waals surface area contributed by atoms with Gasteiger partial charge in [0.05, 0.1) is 17.6 Å². The van der Waals surface area contributed by atoms with Crippen LogP contribution < -0.4 is 5.32 Å². The van der Waals surface area contributed by atoms with Crippen LogP contribution >= 0.6 is 0 Å². The second-order valence-corrected chi connectivity index (χ2v) is 6.00. The number of aryl methyl sites for hydroxylation is 1. The molecule has 2 aromatic rings. The zero-order valence-corrected chi connectivity index (χ0v) is 12.1. The van der Waals surface area contributed by atoms with Crippen LogP contribution in [0.5, 0.6) is 0 Å². The molecule has 1 fully saturated rings. The molecule has 1 aliphatic rings. The van der Waals surface area contributed by atoms with Gasteiger partial charge < -0.3 is 5.32 Å². The van der Waals surface area contributed by atoms with Crippen molar-refractivity contribution in [3.05, 3.63) is 30.0 Å². The lowest BCUT2D eigenvalue weighted by atomic mass is 9.76. The molecular weight excluding hydrogens is 250 g/mol. The number of para-hydroxylation sites is 1. The van der Waals surface area contributed by atoms with E-state index in [1.807, 2.05) is 29.9 Å². The molecule has 20 heavy (non-hydrogen) atoms. The summed E-state index contributed by atoms with van der Waals surface area (Å²) in [6.07, 6.45) is 2.30. The average Bonchev–Trinajstić information content (AvgIpc) is 2.77. The van der Waals surface area contributed by atoms with E-state index in [0.717, 1.165) is 42.5 Å². The molecule has 0 unspecified atom stereocenters. The first-order chi connectivity index (χ1) is 9.60. The van der Waals surface area contributed by atoms with Crippen molar-refractivity contribution in [2.24, 2.45) is 12.5 Å². The lowest BCUT2D eigenvalue weighted by molar-refractivity contribution is -0.128. The molecule has 3 rings (SSSR count). The molecule has 2 heterocycles. The highest BCUT2D eigenvalue weighted by atomic mass is 16.1. The highest BCUT2D eigenvalue weighted by Crippen LogP contribution is 2.31. The molecule has 0 atom stereocenters. The molecule has 0 bridgehead atoms. The van der Waals surface area contributed by atoms with Crippen molar-refractivity contribution in [2.45, 2.75) is 26.2 Å². The van der Waals surface area contributed by atoms with Gasteiger partial charge in [0.15, 0.2) is 0 Å². The maximum absolute atomic E-state index is 12.7. The SMILES string of the molecule is Cn1nc(CC(=O)C2(C)CCNCC2)c2ccccc21. The Bertz CT molecular complexity index is 638. The minimum absolute atomic E-state index is 0.191. The van der Waals surface area contributed by atoms with Crippen molar-refractivity contribution in [3.8, 4) is 0 Å². The van der Waals surface area contributed by atoms with E-state index >= 15 is 0 Å². The Morgan fingerprint density at radius 1 is 1.35 bits per heavy atom. The Kier molecular flexibility index (Phi) is 3.34. The number of nitrogens with one attached hydrogen (secondary N) is 1. The number of hydrogen-bond acceptors (Lipinski definition) is 3. The quantitative estimate of drug-likeness (QED) is 0.929. The number of rotatable bonds is 3. The number of carbonyl (C=O) groups excluding carboxylic acids is 1. The van der Waals surface area contributed by atoms with Gasteiger partial charge in [-0.2, -0.15) is 5.10 Å². The Labute approximate surface area is 119 Å². The fraction of sp³-hybridized carbons (Fsp3) is 0.500. The molecule has 0 saturated carbocycles. The summed E-state index contributed by atoms with van der Waals surface area (Å²) < 4.78 is 1.86. The predicted octanol–water partition coefficient (Wildman–Crippen LogP) is 2.07. The van der Waals surface area contributed by atoms with Crippen molar-refractivity contribution in [3.63, 3.8) is 0 Å². The summed E-state index contributed by atoms with van der Waals surface area (Å²) in [6.45, 7) is 3.97. The molecule has 1 aliphatic heterocycles. The topological polar surface area (TPSA) is 46.9 Å². The molecule has 0 radical (unpaired) electrons. The maximum atomic E-state index is 12.7. The Hall–Kier alpha value is -1.68. The van der Waals surface area contributed by atoms with Crippen molar-refractivity contribution < 1.29 is 4.79 Å². The molecular formula is C16H21N3O. The second kappa shape index (κ2) is 5.02. The van der Waals surface area contributed by atoms with Crippen LogP contribution in [0.3, 0.4) is 0 Å². The summed E-state index contributed by atoms with van der Waals surface area (Å²) in [5.74, 6) is 0.322. The summed E-state index contributed by atoms with van der Waals surface area (Å²) in [6, 6.07) is 8.10. The lowest BCUT2D eigenvalue weighted by Crippen LogP contribution is -2.40. The van der Waals surface area contributed by atoms with Gasteiger partial charge in [-0.15, -0.1) is 0 Å². The Morgan fingerprint density at radius 2 is 2.05 bits per heavy atom. The molecule has 4 nitrogen and oxygen atoms in total. The summed E-state index contributed by atoms with van der Waals surface area (Å²) in [5.41, 5.74) is 1.81. The van der Waals surface area contributed by atoms with Crippen LogP contribution in [-0.2, 0) is 18.3 Å². The fourth-order valence-corrected chi connectivity index (χ4v) is 3.04. The van der Waals surface area contributed by atoms with Crippen molar-refractivity contribution >= 4 is 16.7 Å². The molecule has 1 aromatic carbocycles. The summed E-state index contributed by atoms with van der Waals surface area (Å²) in [4.78, 5) is 12.7. The second-order valence-electron chi connectivity index (χ2n) is 6.00. The smallest absolute Gasteiger partial charge is 0.144 e. The van der Waals surface area contributed by atoms with Crippen LogP contribution in [-0.4, -0.2) is 28.7 Å². The van der Waals surface area contributed by atoms with E-state index < -0.39 is 0 Å². The Balaban J connectivity index is 1.88. The number of piperidine rings is 1. The highest BCUT2D eigenvalue weighted by molar-refractivity contribution is 5.91. The zero-order chi connectivity index (χ0) is 14.2. The molecule has 1 N–H and O–H groups in total. The monoisotopic (exact) mass is 271 g/mol. The number of Topliss-reactive ketones (excluding diaryl/α,β-unsaturated/α-hetero) is 1. The number of ketones is 1. The summed E-state index contributed by atoms with van der Waals surface area (Å²) in [7, 11) is 1.93. The van der Waals surface area contributed by atoms with E-state index in [1.165, 1.54) is 0 Å². The normalized spacial score (nSPS) is 18.3. The molecule has 0 spiro atoms. The number of fused-ring (bicyclic) bond motifs is 1. The Morgan fingerprint density at radius 3 is 2.80 bits per heavy atom. The van der Waals surface area contributed by atoms with Gasteiger partial charge in [-0.05, 0) is 32.0 Å². The van der Waals surface area contributed by atoms with Crippen LogP contribution in [0.15, 0.2) is 24.3 Å². The predicted molar refractivity (Wildman–Crippen MR) is 79.6 cm³/mol. The van der Waals surface area contributed by atoms with Crippen molar-refractivity contribution in [1.29, 1.82) is 0 Å². The standard InChI is InChI=1S/C16H21N3O/c1-16(7-9-17-10-8-16)15(20)11-13-12-5-3-4-6-14(12)19(2)18-13/h3-6,17H,7-11H2,1-2H3. The first-order valence-electron chi connectivity index (χ1n) is 7.25. The molecule has 0 aliphatic carbocycles. The molecule has 1 saturated heterocycles. The van der Waals surface area contributed by atoms with Crippen LogP contribution in [0.25, 0.3) is 10.9 Å². The summed E-state index contributed by atoms with van der Waals surface area (Å²) >= 11 is 0. The van der Waals surface area contributed by atoms with Gasteiger partial charge >= 0.3 is 0 Å². The van der Waals surface area contributed by atoms with E-state index in [-0.39, 0.29) is 5.41 Å². The van der Waals surface area contributed by atoms with E-state index in [4.69, 9.17) is 0 Å². The number of aromatic nitrogens is 2. The van der Waals surface area contributed by atoms with E-state index in [0.29, 0.717) is 12.2 Å². The lowest BCUT2D eigenvalue weighted by Gasteiger charge is -2.32. The fourth-order valence-electron chi connectivity index (χ4n) is 3.04. The third-order valence-electron chi connectivity index (χ3n) is 4.54. The average molecular weight is 271 g/mol. The van der Waals surface area contributed by atoms with Crippen LogP contribution in [0, 0.1) is 5.41 Å². The zero-order valence-electron chi connectivity index (χ0n) is 12.1. The summed E-state index contributed by atoms with van der Waals surface area (Å²) in [5, 5.41) is 8.95. The van der Waals surface area contributed by atoms with E-state index in [2.05, 4.69) is 23.4 Å². The van der Waals surface area contributed by atoms with E-state index in [9.17, 15) is 4.79 Å². The minimum atomic E-state index is -0.191. The van der Waals surface area contributed by atoms with Gasteiger partial charge in [0.2, 0.25) is 0 Å². The number of benzene rings is 1. The van der Waals surface area contributed by atoms with Gasteiger partial charge in [0, 0.05) is 17.8 Å². The molecule has 1 aromatic heterocycles. The number of hydrogen-bond donors (Lipinski definition) is 1. The minimum Gasteiger partial charge on any atom is -0.317 e. The van der Waals surface area contributed by atoms with Crippen LogP contribution in [0.2, 0.25) is 0 Å². The number of carbonyl (C=O) groups is 1. The third kappa shape index (κ3) is 2.24. The van der Waals surface area contributed by atoms with Crippen molar-refractivity contribution in [2.75, 3.05) is 13.1 Å². The largest absolute Gasteiger partial charge is 0.317 e. The molecule has 106 valence electrons. The van der Waals surface area contributed by atoms with Gasteiger partial charge in [-0.1, -0.05) is 25.1 Å². The van der Waals surface area contributed by atoms with Gasteiger partial charge in [0.25, 0.3) is 0 Å². The van der Waals surface area contributed by atoms with Crippen molar-refractivity contribution in [1.82, 2.24) is 15.1 Å². The molecule has 4 heteroatoms. The molecule has 0 amide bonds. The third-order valence-corrected chi connectivity index (χ3v) is 4.54. The van der Waals surface area contributed by atoms with Crippen LogP contribution in [0.4, 0.5) is 0 Å². The first-order valence-corrected chi connectivity index (χ1v) is 7.25.